The van der Waals surface area contributed by atoms with Crippen molar-refractivity contribution < 1.29 is 0 Å². The van der Waals surface area contributed by atoms with E-state index in [1.54, 1.807) is 0 Å². The fraction of sp³-hybridized carbons (Fsp3) is 0.688. The molecule has 114 valence electrons. The summed E-state index contributed by atoms with van der Waals surface area (Å²) in [4.78, 5) is 7.04. The second-order valence-electron chi connectivity index (χ2n) is 6.40. The molecule has 1 N–H and O–H groups in total. The van der Waals surface area contributed by atoms with Gasteiger partial charge in [-0.3, -0.25) is 0 Å². The molecule has 0 aliphatic heterocycles. The third kappa shape index (κ3) is 5.33. The first-order valence-electron chi connectivity index (χ1n) is 7.17. The number of hydrogen-bond donors (Lipinski definition) is 1. The van der Waals surface area contributed by atoms with Crippen molar-refractivity contribution in [3.05, 3.63) is 22.9 Å². The fourth-order valence-corrected chi connectivity index (χ4v) is 2.52. The number of thioether (sulfide) groups is 1. The maximum atomic E-state index is 4.76. The monoisotopic (exact) mass is 295 g/mol. The first-order valence-corrected chi connectivity index (χ1v) is 8.56. The van der Waals surface area contributed by atoms with E-state index in [-0.39, 0.29) is 5.54 Å². The number of nitrogens with zero attached hydrogens (tertiary/aromatic N) is 2. The van der Waals surface area contributed by atoms with Gasteiger partial charge in [-0.1, -0.05) is 0 Å². The summed E-state index contributed by atoms with van der Waals surface area (Å²) in [6, 6.07) is 2.17. The minimum Gasteiger partial charge on any atom is -0.359 e. The zero-order valence-corrected chi connectivity index (χ0v) is 14.8. The summed E-state index contributed by atoms with van der Waals surface area (Å²) in [5, 5.41) is 3.58. The molecule has 0 aromatic carbocycles. The summed E-state index contributed by atoms with van der Waals surface area (Å²) < 4.78 is 0. The van der Waals surface area contributed by atoms with E-state index in [2.05, 4.69) is 64.2 Å². The predicted molar refractivity (Wildman–Crippen MR) is 92.0 cm³/mol. The highest BCUT2D eigenvalue weighted by Crippen LogP contribution is 2.22. The molecule has 0 aliphatic rings. The van der Waals surface area contributed by atoms with Crippen molar-refractivity contribution >= 4 is 17.6 Å². The van der Waals surface area contributed by atoms with Crippen molar-refractivity contribution in [1.82, 2.24) is 10.3 Å². The minimum atomic E-state index is 0.117. The van der Waals surface area contributed by atoms with Crippen LogP contribution in [-0.2, 0) is 6.54 Å². The molecule has 1 rings (SSSR count). The lowest BCUT2D eigenvalue weighted by molar-refractivity contribution is 0.423. The zero-order chi connectivity index (χ0) is 15.3. The van der Waals surface area contributed by atoms with E-state index in [9.17, 15) is 0 Å². The molecule has 1 heterocycles. The van der Waals surface area contributed by atoms with E-state index < -0.39 is 0 Å². The lowest BCUT2D eigenvalue weighted by Crippen LogP contribution is -2.36. The molecule has 4 heteroatoms. The molecule has 0 atom stereocenters. The third-order valence-electron chi connectivity index (χ3n) is 3.24. The number of aryl methyl sites for hydroxylation is 2. The van der Waals surface area contributed by atoms with Gasteiger partial charge in [-0.05, 0) is 52.5 Å². The molecular weight excluding hydrogens is 266 g/mol. The normalized spacial score (nSPS) is 11.8. The van der Waals surface area contributed by atoms with Gasteiger partial charge in [0.15, 0.2) is 0 Å². The molecule has 0 saturated heterocycles. The van der Waals surface area contributed by atoms with Gasteiger partial charge in [0, 0.05) is 42.7 Å². The number of anilines is 1. The average molecular weight is 295 g/mol. The van der Waals surface area contributed by atoms with Crippen LogP contribution in [0.25, 0.3) is 0 Å². The standard InChI is InChI=1S/C16H29N3S/c1-12-10-13(2)18-15(19(6)8-9-20-7)14(12)11-17-16(3,4)5/h10,17H,8-9,11H2,1-7H3. The quantitative estimate of drug-likeness (QED) is 0.871. The molecule has 0 radical (unpaired) electrons. The van der Waals surface area contributed by atoms with Gasteiger partial charge in [0.1, 0.15) is 5.82 Å². The van der Waals surface area contributed by atoms with Crippen LogP contribution in [0.2, 0.25) is 0 Å². The van der Waals surface area contributed by atoms with Crippen molar-refractivity contribution in [2.24, 2.45) is 0 Å². The molecule has 0 bridgehead atoms. The zero-order valence-electron chi connectivity index (χ0n) is 14.0. The molecule has 20 heavy (non-hydrogen) atoms. The maximum absolute atomic E-state index is 4.76. The Kier molecular flexibility index (Phi) is 6.34. The van der Waals surface area contributed by atoms with E-state index in [1.165, 1.54) is 11.1 Å². The van der Waals surface area contributed by atoms with Crippen LogP contribution in [0.5, 0.6) is 0 Å². The highest BCUT2D eigenvalue weighted by atomic mass is 32.2. The molecule has 0 amide bonds. The van der Waals surface area contributed by atoms with E-state index in [1.807, 2.05) is 11.8 Å². The number of hydrogen-bond acceptors (Lipinski definition) is 4. The summed E-state index contributed by atoms with van der Waals surface area (Å²) in [7, 11) is 2.14. The molecular formula is C16H29N3S. The molecule has 0 unspecified atom stereocenters. The van der Waals surface area contributed by atoms with E-state index in [0.717, 1.165) is 30.4 Å². The van der Waals surface area contributed by atoms with Crippen LogP contribution in [-0.4, -0.2) is 36.1 Å². The molecule has 3 nitrogen and oxygen atoms in total. The Bertz CT molecular complexity index is 438. The van der Waals surface area contributed by atoms with Crippen LogP contribution in [0, 0.1) is 13.8 Å². The van der Waals surface area contributed by atoms with Gasteiger partial charge in [0.2, 0.25) is 0 Å². The molecule has 0 saturated carbocycles. The van der Waals surface area contributed by atoms with Crippen molar-refractivity contribution in [1.29, 1.82) is 0 Å². The predicted octanol–water partition coefficient (Wildman–Crippen LogP) is 3.39. The van der Waals surface area contributed by atoms with Crippen LogP contribution in [0.15, 0.2) is 6.07 Å². The molecule has 0 spiro atoms. The number of aromatic nitrogens is 1. The topological polar surface area (TPSA) is 28.2 Å². The van der Waals surface area contributed by atoms with Gasteiger partial charge in [-0.25, -0.2) is 4.98 Å². The summed E-state index contributed by atoms with van der Waals surface area (Å²) in [6.45, 7) is 12.7. The summed E-state index contributed by atoms with van der Waals surface area (Å²) >= 11 is 1.87. The molecule has 1 aromatic heterocycles. The SMILES string of the molecule is CSCCN(C)c1nc(C)cc(C)c1CNC(C)(C)C. The lowest BCUT2D eigenvalue weighted by Gasteiger charge is -2.26. The Hall–Kier alpha value is -0.740. The molecule has 1 aromatic rings. The van der Waals surface area contributed by atoms with Crippen molar-refractivity contribution in [2.45, 2.75) is 46.7 Å². The minimum absolute atomic E-state index is 0.117. The van der Waals surface area contributed by atoms with Crippen LogP contribution >= 0.6 is 11.8 Å². The first kappa shape index (κ1) is 17.3. The Morgan fingerprint density at radius 3 is 2.50 bits per heavy atom. The van der Waals surface area contributed by atoms with E-state index in [0.29, 0.717) is 0 Å². The van der Waals surface area contributed by atoms with Crippen LogP contribution in [0.4, 0.5) is 5.82 Å². The van der Waals surface area contributed by atoms with Gasteiger partial charge in [-0.15, -0.1) is 0 Å². The number of nitrogens with one attached hydrogen (secondary N) is 1. The van der Waals surface area contributed by atoms with Crippen molar-refractivity contribution in [3.63, 3.8) is 0 Å². The third-order valence-corrected chi connectivity index (χ3v) is 3.83. The van der Waals surface area contributed by atoms with Gasteiger partial charge < -0.3 is 10.2 Å². The summed E-state index contributed by atoms with van der Waals surface area (Å²) in [6.07, 6.45) is 2.14. The fourth-order valence-electron chi connectivity index (χ4n) is 2.07. The maximum Gasteiger partial charge on any atom is 0.133 e. The second-order valence-corrected chi connectivity index (χ2v) is 7.39. The van der Waals surface area contributed by atoms with E-state index >= 15 is 0 Å². The Labute approximate surface area is 128 Å². The van der Waals surface area contributed by atoms with Crippen LogP contribution < -0.4 is 10.2 Å². The van der Waals surface area contributed by atoms with Gasteiger partial charge in [-0.2, -0.15) is 11.8 Å². The molecule has 0 fully saturated rings. The molecule has 0 aliphatic carbocycles. The Morgan fingerprint density at radius 2 is 1.95 bits per heavy atom. The number of pyridine rings is 1. The van der Waals surface area contributed by atoms with Crippen molar-refractivity contribution in [3.8, 4) is 0 Å². The van der Waals surface area contributed by atoms with Gasteiger partial charge in [0.25, 0.3) is 0 Å². The Morgan fingerprint density at radius 1 is 1.30 bits per heavy atom. The summed E-state index contributed by atoms with van der Waals surface area (Å²) in [5.74, 6) is 2.24. The highest BCUT2D eigenvalue weighted by Gasteiger charge is 2.15. The van der Waals surface area contributed by atoms with Gasteiger partial charge >= 0.3 is 0 Å². The van der Waals surface area contributed by atoms with Crippen LogP contribution in [0.3, 0.4) is 0 Å². The van der Waals surface area contributed by atoms with E-state index in [4.69, 9.17) is 4.98 Å². The Balaban J connectivity index is 3.01. The van der Waals surface area contributed by atoms with Crippen molar-refractivity contribution in [2.75, 3.05) is 30.5 Å². The average Bonchev–Trinajstić information content (AvgIpc) is 2.32. The number of rotatable bonds is 6. The smallest absolute Gasteiger partial charge is 0.133 e. The van der Waals surface area contributed by atoms with Crippen LogP contribution in [0.1, 0.15) is 37.6 Å². The second kappa shape index (κ2) is 7.32. The summed E-state index contributed by atoms with van der Waals surface area (Å²) in [5.41, 5.74) is 3.84. The first-order chi connectivity index (χ1) is 9.24. The highest BCUT2D eigenvalue weighted by molar-refractivity contribution is 7.98. The lowest BCUT2D eigenvalue weighted by atomic mass is 10.1. The largest absolute Gasteiger partial charge is 0.359 e. The van der Waals surface area contributed by atoms with Gasteiger partial charge in [0.05, 0.1) is 0 Å².